The molecule has 0 unspecified atom stereocenters. The molecular formula is C20H20ClN3O2S2. The molecule has 1 aliphatic rings. The van der Waals surface area contributed by atoms with E-state index in [4.69, 9.17) is 16.3 Å². The molecule has 1 fully saturated rings. The van der Waals surface area contributed by atoms with Crippen LogP contribution in [0.3, 0.4) is 0 Å². The molecule has 0 atom stereocenters. The molecule has 1 saturated heterocycles. The number of fused-ring (bicyclic) bond motifs is 1. The van der Waals surface area contributed by atoms with Gasteiger partial charge in [0.25, 0.3) is 0 Å². The number of anilines is 2. The fourth-order valence-corrected chi connectivity index (χ4v) is 5.11. The molecule has 8 heteroatoms. The molecule has 1 aliphatic heterocycles. The number of amides is 1. The number of thiazole rings is 1. The van der Waals surface area contributed by atoms with Crippen molar-refractivity contribution in [2.24, 2.45) is 0 Å². The second kappa shape index (κ2) is 9.13. The van der Waals surface area contributed by atoms with Crippen LogP contribution in [-0.2, 0) is 15.3 Å². The van der Waals surface area contributed by atoms with E-state index in [1.165, 1.54) is 4.70 Å². The molecule has 5 nitrogen and oxygen atoms in total. The monoisotopic (exact) mass is 433 g/mol. The molecule has 0 radical (unpaired) electrons. The van der Waals surface area contributed by atoms with E-state index in [-0.39, 0.29) is 5.91 Å². The highest BCUT2D eigenvalue weighted by atomic mass is 35.5. The largest absolute Gasteiger partial charge is 0.378 e. The van der Waals surface area contributed by atoms with E-state index < -0.39 is 0 Å². The summed E-state index contributed by atoms with van der Waals surface area (Å²) in [6.07, 6.45) is 0. The zero-order valence-electron chi connectivity index (χ0n) is 15.2. The number of hydrogen-bond acceptors (Lipinski definition) is 6. The van der Waals surface area contributed by atoms with Gasteiger partial charge >= 0.3 is 0 Å². The van der Waals surface area contributed by atoms with Crippen LogP contribution in [0.5, 0.6) is 0 Å². The summed E-state index contributed by atoms with van der Waals surface area (Å²) in [5, 5.41) is 4.66. The molecule has 4 rings (SSSR count). The molecule has 0 aliphatic carbocycles. The third kappa shape index (κ3) is 4.78. The summed E-state index contributed by atoms with van der Waals surface area (Å²) >= 11 is 9.40. The highest BCUT2D eigenvalue weighted by molar-refractivity contribution is 7.99. The lowest BCUT2D eigenvalue weighted by Crippen LogP contribution is -2.36. The Morgan fingerprint density at radius 1 is 1.25 bits per heavy atom. The molecule has 1 aromatic heterocycles. The van der Waals surface area contributed by atoms with Crippen molar-refractivity contribution < 1.29 is 9.53 Å². The minimum absolute atomic E-state index is 0.0390. The summed E-state index contributed by atoms with van der Waals surface area (Å²) in [5.74, 6) is 1.05. The Labute approximate surface area is 177 Å². The smallest absolute Gasteiger partial charge is 0.234 e. The van der Waals surface area contributed by atoms with Gasteiger partial charge in [-0.25, -0.2) is 4.98 Å². The van der Waals surface area contributed by atoms with Crippen molar-refractivity contribution in [2.75, 3.05) is 42.3 Å². The Morgan fingerprint density at radius 3 is 2.89 bits per heavy atom. The van der Waals surface area contributed by atoms with Crippen molar-refractivity contribution in [3.05, 3.63) is 52.5 Å². The molecule has 0 saturated carbocycles. The van der Waals surface area contributed by atoms with Crippen LogP contribution in [0, 0.1) is 0 Å². The van der Waals surface area contributed by atoms with E-state index >= 15 is 0 Å². The molecule has 1 N–H and O–H groups in total. The van der Waals surface area contributed by atoms with Gasteiger partial charge in [-0.05, 0) is 30.3 Å². The van der Waals surface area contributed by atoms with Crippen molar-refractivity contribution in [3.63, 3.8) is 0 Å². The van der Waals surface area contributed by atoms with Gasteiger partial charge in [-0.1, -0.05) is 23.7 Å². The molecule has 2 aromatic carbocycles. The number of aromatic nitrogens is 1. The van der Waals surface area contributed by atoms with Gasteiger partial charge in [-0.3, -0.25) is 4.79 Å². The van der Waals surface area contributed by atoms with Crippen molar-refractivity contribution in [1.29, 1.82) is 0 Å². The van der Waals surface area contributed by atoms with Crippen LogP contribution in [0.15, 0.2) is 42.5 Å². The standard InChI is InChI=1S/C20H20ClN3O2S2/c21-14-5-6-17(24-7-9-26-10-8-24)16(11-14)22-19(25)12-27-13-20-23-15-3-1-2-4-18(15)28-20/h1-6,11H,7-10,12-13H2,(H,22,25). The summed E-state index contributed by atoms with van der Waals surface area (Å²) < 4.78 is 6.60. The van der Waals surface area contributed by atoms with E-state index in [1.54, 1.807) is 23.1 Å². The first-order chi connectivity index (χ1) is 13.7. The highest BCUT2D eigenvalue weighted by Gasteiger charge is 2.16. The second-order valence-electron chi connectivity index (χ2n) is 6.38. The maximum absolute atomic E-state index is 12.5. The van der Waals surface area contributed by atoms with Crippen LogP contribution >= 0.6 is 34.7 Å². The summed E-state index contributed by atoms with van der Waals surface area (Å²) in [4.78, 5) is 19.3. The van der Waals surface area contributed by atoms with Crippen LogP contribution in [0.2, 0.25) is 5.02 Å². The lowest BCUT2D eigenvalue weighted by Gasteiger charge is -2.30. The number of carbonyl (C=O) groups is 1. The first-order valence-corrected chi connectivity index (χ1v) is 11.4. The van der Waals surface area contributed by atoms with E-state index in [2.05, 4.69) is 21.3 Å². The van der Waals surface area contributed by atoms with Crippen molar-refractivity contribution in [2.45, 2.75) is 5.75 Å². The molecule has 146 valence electrons. The van der Waals surface area contributed by atoms with Gasteiger partial charge in [0.2, 0.25) is 5.91 Å². The van der Waals surface area contributed by atoms with Gasteiger partial charge in [0, 0.05) is 23.9 Å². The fraction of sp³-hybridized carbons (Fsp3) is 0.300. The third-order valence-corrected chi connectivity index (χ3v) is 6.78. The van der Waals surface area contributed by atoms with Gasteiger partial charge in [0.15, 0.2) is 0 Å². The van der Waals surface area contributed by atoms with Crippen LogP contribution in [0.1, 0.15) is 5.01 Å². The Kier molecular flexibility index (Phi) is 6.36. The van der Waals surface area contributed by atoms with Crippen LogP contribution in [0.4, 0.5) is 11.4 Å². The Bertz CT molecular complexity index is 940. The zero-order valence-corrected chi connectivity index (χ0v) is 17.6. The molecule has 1 amide bonds. The predicted molar refractivity (Wildman–Crippen MR) is 119 cm³/mol. The van der Waals surface area contributed by atoms with Crippen molar-refractivity contribution in [3.8, 4) is 0 Å². The normalized spacial score (nSPS) is 14.4. The summed E-state index contributed by atoms with van der Waals surface area (Å²) in [6.45, 7) is 2.98. The SMILES string of the molecule is O=C(CSCc1nc2ccccc2s1)Nc1cc(Cl)ccc1N1CCOCC1. The summed E-state index contributed by atoms with van der Waals surface area (Å²) in [5.41, 5.74) is 2.75. The summed E-state index contributed by atoms with van der Waals surface area (Å²) in [6, 6.07) is 13.7. The fourth-order valence-electron chi connectivity index (χ4n) is 3.09. The maximum Gasteiger partial charge on any atom is 0.234 e. The second-order valence-corrected chi connectivity index (χ2v) is 8.91. The Morgan fingerprint density at radius 2 is 2.07 bits per heavy atom. The predicted octanol–water partition coefficient (Wildman–Crippen LogP) is 4.66. The zero-order chi connectivity index (χ0) is 19.3. The molecular weight excluding hydrogens is 414 g/mol. The number of thioether (sulfide) groups is 1. The number of nitrogens with one attached hydrogen (secondary N) is 1. The van der Waals surface area contributed by atoms with E-state index in [0.29, 0.717) is 24.0 Å². The Balaban J connectivity index is 1.36. The lowest BCUT2D eigenvalue weighted by atomic mass is 10.2. The molecule has 0 spiro atoms. The van der Waals surface area contributed by atoms with E-state index in [0.717, 1.165) is 40.7 Å². The van der Waals surface area contributed by atoms with Crippen LogP contribution in [0.25, 0.3) is 10.2 Å². The number of benzene rings is 2. The first-order valence-electron chi connectivity index (χ1n) is 9.03. The number of rotatable bonds is 6. The third-order valence-electron chi connectivity index (χ3n) is 4.38. The lowest BCUT2D eigenvalue weighted by molar-refractivity contribution is -0.113. The maximum atomic E-state index is 12.5. The number of para-hydroxylation sites is 1. The molecule has 28 heavy (non-hydrogen) atoms. The number of halogens is 1. The van der Waals surface area contributed by atoms with Crippen molar-refractivity contribution >= 4 is 62.2 Å². The first kappa shape index (κ1) is 19.5. The number of carbonyl (C=O) groups excluding carboxylic acids is 1. The highest BCUT2D eigenvalue weighted by Crippen LogP contribution is 2.30. The number of nitrogens with zero attached hydrogens (tertiary/aromatic N) is 2. The van der Waals surface area contributed by atoms with Crippen LogP contribution < -0.4 is 10.2 Å². The minimum Gasteiger partial charge on any atom is -0.378 e. The number of hydrogen-bond donors (Lipinski definition) is 1. The van der Waals surface area contributed by atoms with Crippen molar-refractivity contribution in [1.82, 2.24) is 4.98 Å². The van der Waals surface area contributed by atoms with Gasteiger partial charge in [0.05, 0.1) is 40.6 Å². The quantitative estimate of drug-likeness (QED) is 0.612. The average molecular weight is 434 g/mol. The van der Waals surface area contributed by atoms with Gasteiger partial charge in [0.1, 0.15) is 5.01 Å². The Hall–Kier alpha value is -1.80. The molecule has 0 bridgehead atoms. The molecule has 2 heterocycles. The minimum atomic E-state index is -0.0390. The summed E-state index contributed by atoms with van der Waals surface area (Å²) in [7, 11) is 0. The number of morpholine rings is 1. The van der Waals surface area contributed by atoms with E-state index in [9.17, 15) is 4.79 Å². The average Bonchev–Trinajstić information content (AvgIpc) is 3.11. The van der Waals surface area contributed by atoms with Gasteiger partial charge in [-0.15, -0.1) is 23.1 Å². The van der Waals surface area contributed by atoms with Gasteiger partial charge < -0.3 is 15.0 Å². The topological polar surface area (TPSA) is 54.5 Å². The molecule has 3 aromatic rings. The van der Waals surface area contributed by atoms with E-state index in [1.807, 2.05) is 36.4 Å². The van der Waals surface area contributed by atoms with Gasteiger partial charge in [-0.2, -0.15) is 0 Å². The van der Waals surface area contributed by atoms with Crippen LogP contribution in [-0.4, -0.2) is 42.9 Å². The number of ether oxygens (including phenoxy) is 1.